The van der Waals surface area contributed by atoms with E-state index in [9.17, 15) is 0 Å². The van der Waals surface area contributed by atoms with Crippen LogP contribution < -0.4 is 10.2 Å². The maximum Gasteiger partial charge on any atom is 0.0986 e. The van der Waals surface area contributed by atoms with Crippen molar-refractivity contribution in [2.75, 3.05) is 10.2 Å². The predicted molar refractivity (Wildman–Crippen MR) is 147 cm³/mol. The normalized spacial score (nSPS) is 11.0. The number of hydrogen-bond acceptors (Lipinski definition) is 7. The molecule has 0 amide bonds. The van der Waals surface area contributed by atoms with Crippen LogP contribution in [0.4, 0.5) is 11.4 Å². The van der Waals surface area contributed by atoms with Gasteiger partial charge in [0, 0.05) is 41.8 Å². The van der Waals surface area contributed by atoms with Gasteiger partial charge >= 0.3 is 0 Å². The number of benzene rings is 1. The highest BCUT2D eigenvalue weighted by atomic mass is 15.2. The highest BCUT2D eigenvalue weighted by Crippen LogP contribution is 2.42. The van der Waals surface area contributed by atoms with Crippen molar-refractivity contribution in [3.8, 4) is 0 Å². The number of hydrogen-bond donors (Lipinski definition) is 1. The van der Waals surface area contributed by atoms with Crippen molar-refractivity contribution in [2.24, 2.45) is 0 Å². The van der Waals surface area contributed by atoms with Crippen molar-refractivity contribution in [2.45, 2.75) is 19.6 Å². The molecule has 0 bridgehead atoms. The van der Waals surface area contributed by atoms with Gasteiger partial charge in [-0.05, 0) is 60.7 Å². The van der Waals surface area contributed by atoms with E-state index in [4.69, 9.17) is 9.97 Å². The van der Waals surface area contributed by atoms with Gasteiger partial charge in [0.15, 0.2) is 0 Å². The molecule has 0 saturated heterocycles. The molecule has 0 aliphatic rings. The second-order valence-corrected chi connectivity index (χ2v) is 8.70. The number of nitrogens with zero attached hydrogens (tertiary/aromatic N) is 6. The van der Waals surface area contributed by atoms with Crippen molar-refractivity contribution < 1.29 is 0 Å². The Kier molecular flexibility index (Phi) is 6.32. The fraction of sp³-hybridized carbons (Fsp3) is 0.100. The lowest BCUT2D eigenvalue weighted by Crippen LogP contribution is -2.25. The Hall–Kier alpha value is -4.91. The summed E-state index contributed by atoms with van der Waals surface area (Å²) in [6, 6.07) is 26.1. The maximum atomic E-state index is 4.77. The third-order valence-corrected chi connectivity index (χ3v) is 6.25. The summed E-state index contributed by atoms with van der Waals surface area (Å²) in [6.07, 6.45) is 9.12. The van der Waals surface area contributed by atoms with Gasteiger partial charge in [-0.15, -0.1) is 0 Å². The van der Waals surface area contributed by atoms with E-state index >= 15 is 0 Å². The summed E-state index contributed by atoms with van der Waals surface area (Å²) in [7, 11) is 0. The number of pyridine rings is 5. The minimum absolute atomic E-state index is 0.574. The zero-order valence-corrected chi connectivity index (χ0v) is 20.2. The Morgan fingerprint density at radius 2 is 1.03 bits per heavy atom. The van der Waals surface area contributed by atoms with Gasteiger partial charge in [0.1, 0.15) is 0 Å². The number of nitrogens with one attached hydrogen (secondary N) is 1. The SMILES string of the molecule is c1ccc(CNc2c(N(Cc3ccccn3)Cc3ccccn3)c3cccnc3c3ncccc23)nc1. The first-order valence-electron chi connectivity index (χ1n) is 12.2. The minimum Gasteiger partial charge on any atom is -0.377 e. The van der Waals surface area contributed by atoms with Crippen LogP contribution in [0, 0.1) is 0 Å². The van der Waals surface area contributed by atoms with Gasteiger partial charge in [-0.2, -0.15) is 0 Å². The van der Waals surface area contributed by atoms with Crippen molar-refractivity contribution in [3.63, 3.8) is 0 Å². The quantitative estimate of drug-likeness (QED) is 0.217. The van der Waals surface area contributed by atoms with Crippen LogP contribution in [-0.4, -0.2) is 24.9 Å². The van der Waals surface area contributed by atoms with Crippen LogP contribution in [0.25, 0.3) is 21.8 Å². The number of rotatable bonds is 8. The highest BCUT2D eigenvalue weighted by molar-refractivity contribution is 6.17. The predicted octanol–water partition coefficient (Wildman–Crippen LogP) is 5.79. The first kappa shape index (κ1) is 22.5. The Morgan fingerprint density at radius 1 is 0.514 bits per heavy atom. The molecule has 5 heterocycles. The first-order chi connectivity index (χ1) is 18.4. The van der Waals surface area contributed by atoms with E-state index in [0.717, 1.165) is 50.3 Å². The van der Waals surface area contributed by atoms with Gasteiger partial charge in [0.2, 0.25) is 0 Å². The van der Waals surface area contributed by atoms with Crippen LogP contribution in [-0.2, 0) is 19.6 Å². The molecule has 1 N–H and O–H groups in total. The zero-order chi connectivity index (χ0) is 24.9. The van der Waals surface area contributed by atoms with Crippen LogP contribution >= 0.6 is 0 Å². The second kappa shape index (κ2) is 10.4. The molecule has 6 rings (SSSR count). The van der Waals surface area contributed by atoms with Gasteiger partial charge in [-0.1, -0.05) is 18.2 Å². The van der Waals surface area contributed by atoms with E-state index in [-0.39, 0.29) is 0 Å². The van der Waals surface area contributed by atoms with E-state index in [1.54, 1.807) is 0 Å². The third kappa shape index (κ3) is 4.79. The second-order valence-electron chi connectivity index (χ2n) is 8.70. The fourth-order valence-corrected chi connectivity index (χ4v) is 4.62. The van der Waals surface area contributed by atoms with Crippen molar-refractivity contribution in [1.82, 2.24) is 24.9 Å². The standard InChI is InChI=1S/C30H25N7/c1-4-14-31-22(9-1)19-36-29-25-12-7-17-34-27(25)28-26(13-8-18-35-28)30(29)37(20-23-10-2-5-15-32-23)21-24-11-3-6-16-33-24/h1-18,36H,19-21H2. The first-order valence-corrected chi connectivity index (χ1v) is 12.2. The molecule has 0 saturated carbocycles. The molecule has 0 aliphatic heterocycles. The molecule has 5 aromatic heterocycles. The zero-order valence-electron chi connectivity index (χ0n) is 20.2. The summed E-state index contributed by atoms with van der Waals surface area (Å²) in [4.78, 5) is 25.6. The highest BCUT2D eigenvalue weighted by Gasteiger charge is 2.22. The molecular formula is C30H25N7. The lowest BCUT2D eigenvalue weighted by atomic mass is 10.0. The van der Waals surface area contributed by atoms with E-state index < -0.39 is 0 Å². The third-order valence-electron chi connectivity index (χ3n) is 6.25. The number of aromatic nitrogens is 5. The van der Waals surface area contributed by atoms with Gasteiger partial charge in [0.25, 0.3) is 0 Å². The molecule has 7 heteroatoms. The molecule has 0 radical (unpaired) electrons. The van der Waals surface area contributed by atoms with E-state index in [0.29, 0.717) is 19.6 Å². The molecule has 0 aliphatic carbocycles. The number of fused-ring (bicyclic) bond motifs is 3. The van der Waals surface area contributed by atoms with Crippen molar-refractivity contribution in [3.05, 3.63) is 127 Å². The lowest BCUT2D eigenvalue weighted by Gasteiger charge is -2.29. The van der Waals surface area contributed by atoms with E-state index in [1.165, 1.54) is 0 Å². The summed E-state index contributed by atoms with van der Waals surface area (Å²) in [5, 5.41) is 5.73. The van der Waals surface area contributed by atoms with Gasteiger partial charge in [0.05, 0.1) is 59.1 Å². The molecule has 0 atom stereocenters. The number of anilines is 2. The summed E-state index contributed by atoms with van der Waals surface area (Å²) < 4.78 is 0. The van der Waals surface area contributed by atoms with Crippen LogP contribution in [0.3, 0.4) is 0 Å². The summed E-state index contributed by atoms with van der Waals surface area (Å²) in [6.45, 7) is 1.78. The Bertz CT molecular complexity index is 1580. The van der Waals surface area contributed by atoms with Crippen LogP contribution in [0.2, 0.25) is 0 Å². The Balaban J connectivity index is 1.57. The summed E-state index contributed by atoms with van der Waals surface area (Å²) >= 11 is 0. The monoisotopic (exact) mass is 483 g/mol. The molecule has 0 unspecified atom stereocenters. The van der Waals surface area contributed by atoms with Crippen LogP contribution in [0.1, 0.15) is 17.1 Å². The fourth-order valence-electron chi connectivity index (χ4n) is 4.62. The molecule has 6 aromatic rings. The van der Waals surface area contributed by atoms with Gasteiger partial charge in [-0.3, -0.25) is 24.9 Å². The Morgan fingerprint density at radius 3 is 1.59 bits per heavy atom. The van der Waals surface area contributed by atoms with Crippen molar-refractivity contribution in [1.29, 1.82) is 0 Å². The molecule has 180 valence electrons. The van der Waals surface area contributed by atoms with Crippen LogP contribution in [0.15, 0.2) is 110 Å². The van der Waals surface area contributed by atoms with E-state index in [2.05, 4.69) is 49.4 Å². The van der Waals surface area contributed by atoms with E-state index in [1.807, 2.05) is 85.6 Å². The maximum absolute atomic E-state index is 4.77. The minimum atomic E-state index is 0.574. The molecular weight excluding hydrogens is 458 g/mol. The molecule has 37 heavy (non-hydrogen) atoms. The summed E-state index contributed by atoms with van der Waals surface area (Å²) in [5.74, 6) is 0. The lowest BCUT2D eigenvalue weighted by molar-refractivity contribution is 0.768. The van der Waals surface area contributed by atoms with Crippen LogP contribution in [0.5, 0.6) is 0 Å². The molecule has 0 spiro atoms. The largest absolute Gasteiger partial charge is 0.377 e. The smallest absolute Gasteiger partial charge is 0.0986 e. The molecule has 7 nitrogen and oxygen atoms in total. The summed E-state index contributed by atoms with van der Waals surface area (Å²) in [5.41, 5.74) is 6.65. The molecule has 0 fully saturated rings. The molecule has 1 aromatic carbocycles. The van der Waals surface area contributed by atoms with Gasteiger partial charge < -0.3 is 10.2 Å². The average Bonchev–Trinajstić information content (AvgIpc) is 2.97. The Labute approximate surface area is 214 Å². The topological polar surface area (TPSA) is 79.7 Å². The van der Waals surface area contributed by atoms with Crippen molar-refractivity contribution >= 4 is 33.2 Å². The van der Waals surface area contributed by atoms with Gasteiger partial charge in [-0.25, -0.2) is 0 Å². The average molecular weight is 484 g/mol.